The highest BCUT2D eigenvalue weighted by Gasteiger charge is 2.65. The van der Waals surface area contributed by atoms with Gasteiger partial charge in [-0.2, -0.15) is 0 Å². The third kappa shape index (κ3) is 9.71. The molecule has 6 fully saturated rings. The van der Waals surface area contributed by atoms with E-state index in [9.17, 15) is 30.0 Å². The van der Waals surface area contributed by atoms with E-state index < -0.39 is 84.2 Å². The number of allylic oxidation sites excluding steroid dienone is 1. The lowest BCUT2D eigenvalue weighted by Gasteiger charge is -2.54. The third-order valence-electron chi connectivity index (χ3n) is 15.9. The van der Waals surface area contributed by atoms with Gasteiger partial charge in [0, 0.05) is 68.3 Å². The molecule has 21 atom stereocenters. The minimum absolute atomic E-state index is 0.0130. The first-order valence-corrected chi connectivity index (χ1v) is 23.2. The fourth-order valence-electron chi connectivity index (χ4n) is 11.8. The van der Waals surface area contributed by atoms with Crippen LogP contribution in [0, 0.1) is 47.3 Å². The molecule has 6 aliphatic rings. The summed E-state index contributed by atoms with van der Waals surface area (Å²) in [6.07, 6.45) is 3.25. The van der Waals surface area contributed by atoms with Gasteiger partial charge in [-0.1, -0.05) is 61.5 Å². The Hall–Kier alpha value is -1.56. The van der Waals surface area contributed by atoms with Crippen molar-refractivity contribution < 1.29 is 67.9 Å². The number of hydrogen-bond acceptors (Lipinski definition) is 13. The summed E-state index contributed by atoms with van der Waals surface area (Å²) in [7, 11) is 1.70. The number of Topliss-reactive ketones (excluding diaryl/α,β-unsaturated/α-hetero) is 1. The van der Waals surface area contributed by atoms with Crippen molar-refractivity contribution in [1.29, 1.82) is 0 Å². The van der Waals surface area contributed by atoms with E-state index in [1.807, 2.05) is 33.8 Å². The highest BCUT2D eigenvalue weighted by Crippen LogP contribution is 2.56. The van der Waals surface area contributed by atoms with Crippen LogP contribution >= 0.6 is 0 Å². The molecule has 0 aromatic rings. The van der Waals surface area contributed by atoms with Crippen LogP contribution < -0.4 is 0 Å². The first-order chi connectivity index (χ1) is 28.5. The topological polar surface area (TPSA) is 189 Å². The Balaban J connectivity index is 1.24. The third-order valence-corrected chi connectivity index (χ3v) is 15.9. The van der Waals surface area contributed by atoms with E-state index in [0.29, 0.717) is 44.1 Å². The van der Waals surface area contributed by atoms with Gasteiger partial charge in [-0.3, -0.25) is 9.59 Å². The van der Waals surface area contributed by atoms with Crippen LogP contribution in [0.1, 0.15) is 134 Å². The molecule has 0 unspecified atom stereocenters. The maximum atomic E-state index is 13.4. The first kappa shape index (κ1) is 48.9. The Morgan fingerprint density at radius 3 is 2.25 bits per heavy atom. The average molecular weight is 867 g/mol. The van der Waals surface area contributed by atoms with Gasteiger partial charge in [0.05, 0.1) is 67.0 Å². The second kappa shape index (κ2) is 18.7. The van der Waals surface area contributed by atoms with Gasteiger partial charge in [0.15, 0.2) is 29.4 Å². The number of rotatable bonds is 13. The normalized spacial score (nSPS) is 48.6. The molecule has 6 saturated heterocycles. The average Bonchev–Trinajstić information content (AvgIpc) is 3.71. The summed E-state index contributed by atoms with van der Waals surface area (Å²) < 4.78 is 53.9. The zero-order valence-corrected chi connectivity index (χ0v) is 38.8. The molecule has 0 aliphatic carbocycles. The Morgan fingerprint density at radius 1 is 0.902 bits per heavy atom. The first-order valence-electron chi connectivity index (χ1n) is 23.2. The van der Waals surface area contributed by atoms with Gasteiger partial charge in [0.2, 0.25) is 0 Å². The van der Waals surface area contributed by atoms with E-state index in [4.69, 9.17) is 37.9 Å². The van der Waals surface area contributed by atoms with E-state index >= 15 is 0 Å². The molecule has 350 valence electrons. The van der Waals surface area contributed by atoms with Crippen LogP contribution in [0.3, 0.4) is 0 Å². The molecule has 6 rings (SSSR count). The number of carboxylic acids is 1. The van der Waals surface area contributed by atoms with E-state index in [1.54, 1.807) is 27.9 Å². The second-order valence-corrected chi connectivity index (χ2v) is 20.6. The Labute approximate surface area is 363 Å². The van der Waals surface area contributed by atoms with Crippen LogP contribution in [0.2, 0.25) is 0 Å². The van der Waals surface area contributed by atoms with Crippen LogP contribution in [-0.2, 0) is 47.5 Å². The maximum Gasteiger partial charge on any atom is 0.306 e. The van der Waals surface area contributed by atoms with Crippen LogP contribution in [0.5, 0.6) is 0 Å². The van der Waals surface area contributed by atoms with Crippen molar-refractivity contribution in [2.24, 2.45) is 47.3 Å². The molecule has 14 heteroatoms. The van der Waals surface area contributed by atoms with Crippen molar-refractivity contribution in [3.63, 3.8) is 0 Å². The number of carboxylic acid groups (broad SMARTS) is 1. The molecule has 14 nitrogen and oxygen atoms in total. The molecule has 0 aromatic heterocycles. The molecule has 0 amide bonds. The molecule has 2 spiro atoms. The molecule has 0 aromatic carbocycles. The van der Waals surface area contributed by atoms with E-state index in [0.717, 1.165) is 6.42 Å². The molecule has 4 N–H and O–H groups in total. The smallest absolute Gasteiger partial charge is 0.306 e. The summed E-state index contributed by atoms with van der Waals surface area (Å²) in [5.41, 5.74) is -0.326. The lowest BCUT2D eigenvalue weighted by atomic mass is 9.76. The summed E-state index contributed by atoms with van der Waals surface area (Å²) in [6.45, 7) is 20.9. The number of aliphatic carboxylic acids is 1. The number of aliphatic hydroxyl groups excluding tert-OH is 2. The minimum atomic E-state index is -1.66. The number of carbonyl (C=O) groups is 2. The monoisotopic (exact) mass is 867 g/mol. The van der Waals surface area contributed by atoms with Crippen molar-refractivity contribution in [2.75, 3.05) is 13.7 Å². The van der Waals surface area contributed by atoms with Crippen molar-refractivity contribution >= 4 is 11.8 Å². The van der Waals surface area contributed by atoms with Crippen molar-refractivity contribution in [3.8, 4) is 0 Å². The lowest BCUT2D eigenvalue weighted by molar-refractivity contribution is -0.390. The fourth-order valence-corrected chi connectivity index (χ4v) is 11.8. The maximum absolute atomic E-state index is 13.4. The zero-order valence-electron chi connectivity index (χ0n) is 38.8. The molecular weight excluding hydrogens is 789 g/mol. The molecule has 6 aliphatic heterocycles. The van der Waals surface area contributed by atoms with Crippen LogP contribution in [0.15, 0.2) is 11.6 Å². The van der Waals surface area contributed by atoms with Crippen LogP contribution in [0.4, 0.5) is 0 Å². The predicted octanol–water partition coefficient (Wildman–Crippen LogP) is 6.15. The van der Waals surface area contributed by atoms with Crippen LogP contribution in [0.25, 0.3) is 0 Å². The second-order valence-electron chi connectivity index (χ2n) is 20.6. The molecule has 61 heavy (non-hydrogen) atoms. The summed E-state index contributed by atoms with van der Waals surface area (Å²) >= 11 is 0. The zero-order chi connectivity index (χ0) is 45.0. The molecule has 0 bridgehead atoms. The van der Waals surface area contributed by atoms with Crippen molar-refractivity contribution in [1.82, 2.24) is 0 Å². The predicted molar refractivity (Wildman–Crippen MR) is 224 cm³/mol. The number of ether oxygens (including phenoxy) is 8. The molecule has 0 radical (unpaired) electrons. The highest BCUT2D eigenvalue weighted by molar-refractivity contribution is 5.96. The van der Waals surface area contributed by atoms with Gasteiger partial charge in [0.1, 0.15) is 0 Å². The Bertz CT molecular complexity index is 1570. The molecular formula is C47H78O14. The van der Waals surface area contributed by atoms with Gasteiger partial charge in [-0.15, -0.1) is 0 Å². The largest absolute Gasteiger partial charge is 0.481 e. The fraction of sp³-hybridized carbons (Fsp3) is 0.915. The Morgan fingerprint density at radius 2 is 1.61 bits per heavy atom. The quantitative estimate of drug-likeness (QED) is 0.154. The number of methoxy groups -OCH3 is 1. The number of hydrogen-bond donors (Lipinski definition) is 4. The van der Waals surface area contributed by atoms with Gasteiger partial charge >= 0.3 is 5.97 Å². The summed E-state index contributed by atoms with van der Waals surface area (Å²) in [5, 5.41) is 42.5. The molecule has 0 saturated carbocycles. The minimum Gasteiger partial charge on any atom is -0.481 e. The van der Waals surface area contributed by atoms with E-state index in [2.05, 4.69) is 27.7 Å². The SMILES string of the molecule is CO[C@@H]1CC[C@H](O[C@@H]2C[C@H]([C@]3(C)CC[C@]4(C[C@H](O)[C@H](C)[C@H]([C@H](C)/C=C(/C)C(=O)[C@H](C)C[C@H](C)C(=O)O)O4)O3)O[C@]3(O[C@H]([C@@H]4O[C@](O)(CO)[C@H](C)C[C@@H]4C)C[C@@H]3C)[C@@H]2C)O[C@H]1C. The Kier molecular flexibility index (Phi) is 15.0. The number of ketones is 1. The van der Waals surface area contributed by atoms with E-state index in [1.165, 1.54) is 0 Å². The van der Waals surface area contributed by atoms with Gasteiger partial charge in [-0.25, -0.2) is 0 Å². The summed E-state index contributed by atoms with van der Waals surface area (Å²) in [6, 6.07) is 0. The van der Waals surface area contributed by atoms with Crippen LogP contribution in [-0.4, -0.2) is 124 Å². The van der Waals surface area contributed by atoms with Gasteiger partial charge in [-0.05, 0) is 64.4 Å². The highest BCUT2D eigenvalue weighted by atomic mass is 16.8. The van der Waals surface area contributed by atoms with Gasteiger partial charge in [0.25, 0.3) is 0 Å². The molecule has 6 heterocycles. The lowest BCUT2D eigenvalue weighted by Crippen LogP contribution is -2.63. The number of carbonyl (C=O) groups excluding carboxylic acids is 1. The van der Waals surface area contributed by atoms with Gasteiger partial charge < -0.3 is 58.3 Å². The summed E-state index contributed by atoms with van der Waals surface area (Å²) in [4.78, 5) is 24.8. The van der Waals surface area contributed by atoms with Crippen molar-refractivity contribution in [3.05, 3.63) is 11.6 Å². The van der Waals surface area contributed by atoms with Crippen molar-refractivity contribution in [2.45, 2.75) is 212 Å². The summed E-state index contributed by atoms with van der Waals surface area (Å²) in [5.74, 6) is -7.01. The van der Waals surface area contributed by atoms with E-state index in [-0.39, 0.29) is 72.4 Å². The number of aliphatic hydroxyl groups is 3. The standard InChI is InChI=1S/C47H78O14/c1-24(40(50)25(2)18-28(5)43(51)52)17-26(3)41-31(8)34(49)22-45(59-41)16-15-44(11,61-45)38-21-36(56-39-14-13-35(54-12)33(10)55-39)32(9)47(58-38)30(7)20-37(57-47)42-27(4)19-29(6)46(53,23-48)60-42/h17,25-39,41-42,48-49,53H,13-16,18-23H2,1-12H3,(H,51,52)/b24-17-/t25-,26-,27+,28+,29-,30+,31+,32-,33+,34+,35-,36-,37+,38-,39+,41+,42-,44+,45-,46-,47+/m1/s1.